The minimum atomic E-state index is -0.642. The first-order chi connectivity index (χ1) is 9.29. The van der Waals surface area contributed by atoms with Crippen LogP contribution in [0.4, 0.5) is 0 Å². The molecule has 0 spiro atoms. The molecule has 1 aromatic heterocycles. The average molecular weight is 281 g/mol. The molecule has 1 unspecified atom stereocenters. The molecule has 112 valence electrons. The topological polar surface area (TPSA) is 84.2 Å². The number of rotatable bonds is 6. The summed E-state index contributed by atoms with van der Waals surface area (Å²) >= 11 is 0. The van der Waals surface area contributed by atoms with Crippen molar-refractivity contribution < 1.29 is 14.7 Å². The lowest BCUT2D eigenvalue weighted by molar-refractivity contribution is -0.118. The van der Waals surface area contributed by atoms with Crippen LogP contribution in [0.3, 0.4) is 0 Å². The molecule has 6 nitrogen and oxygen atoms in total. The lowest BCUT2D eigenvalue weighted by Gasteiger charge is -2.21. The highest BCUT2D eigenvalue weighted by Gasteiger charge is 2.26. The van der Waals surface area contributed by atoms with Crippen LogP contribution in [0.25, 0.3) is 0 Å². The largest absolute Gasteiger partial charge is 0.396 e. The van der Waals surface area contributed by atoms with Gasteiger partial charge in [0.1, 0.15) is 0 Å². The van der Waals surface area contributed by atoms with Gasteiger partial charge >= 0.3 is 0 Å². The maximum absolute atomic E-state index is 12.2. The normalized spacial score (nSPS) is 12.6. The van der Waals surface area contributed by atoms with Gasteiger partial charge < -0.3 is 10.4 Å². The van der Waals surface area contributed by atoms with E-state index in [4.69, 9.17) is 5.11 Å². The summed E-state index contributed by atoms with van der Waals surface area (Å²) in [6.07, 6.45) is 0.432. The summed E-state index contributed by atoms with van der Waals surface area (Å²) in [5.74, 6) is -1.07. The van der Waals surface area contributed by atoms with Crippen LogP contribution in [-0.4, -0.2) is 39.2 Å². The number of carbonyl (C=O) groups is 2. The number of nitrogens with one attached hydrogen (secondary N) is 1. The van der Waals surface area contributed by atoms with Crippen molar-refractivity contribution in [2.24, 2.45) is 13.0 Å². The number of aromatic nitrogens is 2. The Labute approximate surface area is 119 Å². The van der Waals surface area contributed by atoms with Crippen LogP contribution in [0.2, 0.25) is 0 Å². The van der Waals surface area contributed by atoms with Crippen molar-refractivity contribution in [3.8, 4) is 0 Å². The molecule has 0 aliphatic carbocycles. The number of nitrogens with zero attached hydrogens (tertiary/aromatic N) is 2. The molecule has 0 fully saturated rings. The van der Waals surface area contributed by atoms with Gasteiger partial charge in [-0.15, -0.1) is 0 Å². The summed E-state index contributed by atoms with van der Waals surface area (Å²) in [6, 6.07) is -0.214. The van der Waals surface area contributed by atoms with Gasteiger partial charge in [0, 0.05) is 25.4 Å². The Kier molecular flexibility index (Phi) is 5.44. The lowest BCUT2D eigenvalue weighted by atomic mass is 10.0. The van der Waals surface area contributed by atoms with E-state index in [1.54, 1.807) is 25.6 Å². The van der Waals surface area contributed by atoms with Crippen LogP contribution in [0, 0.1) is 19.8 Å². The molecule has 0 aliphatic rings. The number of amides is 1. The van der Waals surface area contributed by atoms with E-state index in [-0.39, 0.29) is 18.6 Å². The van der Waals surface area contributed by atoms with E-state index in [0.717, 1.165) is 0 Å². The number of aliphatic hydroxyl groups excluding tert-OH is 1. The van der Waals surface area contributed by atoms with Crippen LogP contribution < -0.4 is 5.32 Å². The predicted octanol–water partition coefficient (Wildman–Crippen LogP) is 0.743. The Morgan fingerprint density at radius 1 is 1.35 bits per heavy atom. The molecule has 0 aromatic carbocycles. The molecule has 1 rings (SSSR count). The molecule has 0 bridgehead atoms. The minimum Gasteiger partial charge on any atom is -0.396 e. The standard InChI is InChI=1S/C14H23N3O3/c1-8(2)11(6-7-18)15-14(20)13(19)12-9(3)16-17(5)10(12)4/h8,11,18H,6-7H2,1-5H3,(H,15,20). The molecular weight excluding hydrogens is 258 g/mol. The van der Waals surface area contributed by atoms with Crippen LogP contribution in [0.1, 0.15) is 42.0 Å². The van der Waals surface area contributed by atoms with Crippen molar-refractivity contribution in [2.75, 3.05) is 6.61 Å². The van der Waals surface area contributed by atoms with Crippen LogP contribution >= 0.6 is 0 Å². The highest BCUT2D eigenvalue weighted by Crippen LogP contribution is 2.13. The van der Waals surface area contributed by atoms with E-state index in [0.29, 0.717) is 23.4 Å². The summed E-state index contributed by atoms with van der Waals surface area (Å²) in [4.78, 5) is 24.3. The van der Waals surface area contributed by atoms with Gasteiger partial charge in [-0.25, -0.2) is 0 Å². The van der Waals surface area contributed by atoms with E-state index in [9.17, 15) is 9.59 Å². The molecular formula is C14H23N3O3. The zero-order valence-corrected chi connectivity index (χ0v) is 12.7. The predicted molar refractivity (Wildman–Crippen MR) is 75.5 cm³/mol. The first-order valence-corrected chi connectivity index (χ1v) is 6.75. The van der Waals surface area contributed by atoms with Gasteiger partial charge in [-0.2, -0.15) is 5.10 Å². The number of aryl methyl sites for hydroxylation is 2. The van der Waals surface area contributed by atoms with Crippen LogP contribution in [-0.2, 0) is 11.8 Å². The second-order valence-electron chi connectivity index (χ2n) is 5.33. The highest BCUT2D eigenvalue weighted by molar-refractivity contribution is 6.43. The van der Waals surface area contributed by atoms with Crippen molar-refractivity contribution in [2.45, 2.75) is 40.2 Å². The van der Waals surface area contributed by atoms with Crippen LogP contribution in [0.5, 0.6) is 0 Å². The molecule has 1 heterocycles. The van der Waals surface area contributed by atoms with Gasteiger partial charge in [0.05, 0.1) is 11.3 Å². The van der Waals surface area contributed by atoms with E-state index in [1.165, 1.54) is 0 Å². The van der Waals surface area contributed by atoms with Crippen molar-refractivity contribution in [3.05, 3.63) is 17.0 Å². The van der Waals surface area contributed by atoms with E-state index in [2.05, 4.69) is 10.4 Å². The molecule has 6 heteroatoms. The Bertz CT molecular complexity index is 506. The first kappa shape index (κ1) is 16.4. The van der Waals surface area contributed by atoms with Gasteiger partial charge in [-0.3, -0.25) is 14.3 Å². The number of aliphatic hydroxyl groups is 1. The van der Waals surface area contributed by atoms with Crippen molar-refractivity contribution in [1.82, 2.24) is 15.1 Å². The summed E-state index contributed by atoms with van der Waals surface area (Å²) in [5.41, 5.74) is 1.58. The van der Waals surface area contributed by atoms with Gasteiger partial charge in [-0.1, -0.05) is 13.8 Å². The molecule has 1 amide bonds. The third kappa shape index (κ3) is 3.45. The summed E-state index contributed by atoms with van der Waals surface area (Å²) in [7, 11) is 1.74. The van der Waals surface area contributed by atoms with E-state index in [1.807, 2.05) is 13.8 Å². The van der Waals surface area contributed by atoms with Gasteiger partial charge in [-0.05, 0) is 26.2 Å². The fraction of sp³-hybridized carbons (Fsp3) is 0.643. The van der Waals surface area contributed by atoms with E-state index < -0.39 is 11.7 Å². The Hall–Kier alpha value is -1.69. The molecule has 0 saturated heterocycles. The number of hydrogen-bond acceptors (Lipinski definition) is 4. The van der Waals surface area contributed by atoms with Crippen molar-refractivity contribution in [3.63, 3.8) is 0 Å². The smallest absolute Gasteiger partial charge is 0.292 e. The summed E-state index contributed by atoms with van der Waals surface area (Å²) < 4.78 is 1.59. The second kappa shape index (κ2) is 6.65. The van der Waals surface area contributed by atoms with Crippen molar-refractivity contribution in [1.29, 1.82) is 0 Å². The SMILES string of the molecule is Cc1nn(C)c(C)c1C(=O)C(=O)NC(CCO)C(C)C. The van der Waals surface area contributed by atoms with Gasteiger partial charge in [0.2, 0.25) is 0 Å². The number of Topliss-reactive ketones (excluding diaryl/α,β-unsaturated/α-hetero) is 1. The zero-order chi connectivity index (χ0) is 15.4. The van der Waals surface area contributed by atoms with Gasteiger partial charge in [0.25, 0.3) is 11.7 Å². The molecule has 20 heavy (non-hydrogen) atoms. The molecule has 1 aromatic rings. The highest BCUT2D eigenvalue weighted by atomic mass is 16.3. The third-order valence-corrected chi connectivity index (χ3v) is 3.50. The maximum Gasteiger partial charge on any atom is 0.292 e. The molecule has 0 radical (unpaired) electrons. The number of hydrogen-bond donors (Lipinski definition) is 2. The fourth-order valence-electron chi connectivity index (χ4n) is 2.16. The molecule has 1 atom stereocenters. The Morgan fingerprint density at radius 3 is 2.35 bits per heavy atom. The Morgan fingerprint density at radius 2 is 1.95 bits per heavy atom. The first-order valence-electron chi connectivity index (χ1n) is 6.75. The molecule has 0 saturated carbocycles. The molecule has 0 aliphatic heterocycles. The van der Waals surface area contributed by atoms with Crippen molar-refractivity contribution >= 4 is 11.7 Å². The average Bonchev–Trinajstić information content (AvgIpc) is 2.61. The summed E-state index contributed by atoms with van der Waals surface area (Å²) in [6.45, 7) is 7.31. The Balaban J connectivity index is 2.89. The van der Waals surface area contributed by atoms with Crippen LogP contribution in [0.15, 0.2) is 0 Å². The summed E-state index contributed by atoms with van der Waals surface area (Å²) in [5, 5.41) is 15.8. The zero-order valence-electron chi connectivity index (χ0n) is 12.7. The quantitative estimate of drug-likeness (QED) is 0.595. The lowest BCUT2D eigenvalue weighted by Crippen LogP contribution is -2.42. The fourth-order valence-corrected chi connectivity index (χ4v) is 2.16. The van der Waals surface area contributed by atoms with Gasteiger partial charge in [0.15, 0.2) is 0 Å². The van der Waals surface area contributed by atoms with E-state index >= 15 is 0 Å². The maximum atomic E-state index is 12.2. The number of ketones is 1. The third-order valence-electron chi connectivity index (χ3n) is 3.50. The minimum absolute atomic E-state index is 0.0255. The number of carbonyl (C=O) groups excluding carboxylic acids is 2. The second-order valence-corrected chi connectivity index (χ2v) is 5.33. The molecule has 2 N–H and O–H groups in total. The monoisotopic (exact) mass is 281 g/mol.